The molecule has 3 aromatic rings. The maximum absolute atomic E-state index is 13.5. The van der Waals surface area contributed by atoms with Crippen molar-refractivity contribution in [3.8, 4) is 0 Å². The first-order chi connectivity index (χ1) is 18.4. The third-order valence-corrected chi connectivity index (χ3v) is 7.65. The van der Waals surface area contributed by atoms with E-state index >= 15 is 0 Å². The summed E-state index contributed by atoms with van der Waals surface area (Å²) in [5.74, 6) is -0.764. The number of nitrogens with one attached hydrogen (secondary N) is 3. The first kappa shape index (κ1) is 27.4. The third-order valence-electron chi connectivity index (χ3n) is 7.65. The lowest BCUT2D eigenvalue weighted by Gasteiger charge is -2.29. The van der Waals surface area contributed by atoms with E-state index in [1.807, 2.05) is 44.2 Å². The van der Waals surface area contributed by atoms with Gasteiger partial charge in [0, 0.05) is 12.6 Å². The molecule has 1 aromatic heterocycles. The minimum atomic E-state index is -0.768. The molecule has 0 aliphatic heterocycles. The second-order valence-electron chi connectivity index (χ2n) is 10.4. The fourth-order valence-corrected chi connectivity index (χ4v) is 5.15. The highest BCUT2D eigenvalue weighted by atomic mass is 16.5. The molecule has 1 saturated carbocycles. The molecule has 0 unspecified atom stereocenters. The second-order valence-corrected chi connectivity index (χ2v) is 10.4. The summed E-state index contributed by atoms with van der Waals surface area (Å²) in [6, 6.07) is 14.2. The molecule has 8 heteroatoms. The number of fused-ring (bicyclic) bond motifs is 1. The van der Waals surface area contributed by atoms with Crippen LogP contribution in [0.25, 0.3) is 10.8 Å². The van der Waals surface area contributed by atoms with Crippen molar-refractivity contribution >= 4 is 28.5 Å². The van der Waals surface area contributed by atoms with Crippen LogP contribution in [0.5, 0.6) is 0 Å². The molecule has 0 saturated heterocycles. The van der Waals surface area contributed by atoms with Gasteiger partial charge in [0.2, 0.25) is 17.6 Å². The Hall–Kier alpha value is -3.68. The summed E-state index contributed by atoms with van der Waals surface area (Å²) in [5.41, 5.74) is 0.987. The van der Waals surface area contributed by atoms with Gasteiger partial charge in [0.15, 0.2) is 0 Å². The van der Waals surface area contributed by atoms with E-state index in [1.54, 1.807) is 0 Å². The molecule has 1 heterocycles. The Morgan fingerprint density at radius 3 is 2.45 bits per heavy atom. The largest absolute Gasteiger partial charge is 0.351 e. The van der Waals surface area contributed by atoms with Gasteiger partial charge in [0.25, 0.3) is 5.91 Å². The highest BCUT2D eigenvalue weighted by Gasteiger charge is 2.32. The van der Waals surface area contributed by atoms with Crippen LogP contribution in [0, 0.1) is 11.8 Å². The van der Waals surface area contributed by atoms with Crippen molar-refractivity contribution in [3.05, 3.63) is 66.1 Å². The molecule has 0 bridgehead atoms. The van der Waals surface area contributed by atoms with E-state index in [1.165, 1.54) is 18.7 Å². The smallest absolute Gasteiger partial charge is 0.290 e. The Balaban J connectivity index is 1.44. The fourth-order valence-electron chi connectivity index (χ4n) is 5.15. The normalized spacial score (nSPS) is 16.4. The number of aromatic nitrogens is 1. The molecule has 0 radical (unpaired) electrons. The summed E-state index contributed by atoms with van der Waals surface area (Å²) in [6.45, 7) is 4.30. The zero-order chi connectivity index (χ0) is 26.9. The highest BCUT2D eigenvalue weighted by molar-refractivity contribution is 5.96. The van der Waals surface area contributed by atoms with Crippen LogP contribution in [-0.4, -0.2) is 35.0 Å². The molecule has 2 aromatic carbocycles. The molecule has 1 aliphatic carbocycles. The molecular weight excluding hydrogens is 480 g/mol. The maximum atomic E-state index is 13.5. The van der Waals surface area contributed by atoms with E-state index in [9.17, 15) is 14.4 Å². The van der Waals surface area contributed by atoms with Gasteiger partial charge in [-0.3, -0.25) is 14.4 Å². The van der Waals surface area contributed by atoms with Gasteiger partial charge in [0.05, 0.1) is 6.20 Å². The van der Waals surface area contributed by atoms with Gasteiger partial charge in [0.1, 0.15) is 12.1 Å². The van der Waals surface area contributed by atoms with Crippen molar-refractivity contribution in [3.63, 3.8) is 0 Å². The van der Waals surface area contributed by atoms with Crippen LogP contribution in [0.4, 0.5) is 0 Å². The SMILES string of the molecule is CC[C@H](C)[C@H](NC(=O)[C@H](CC1CCCCC1)NC(=O)c1ccno1)C(=O)NCc1ccc2ccccc2c1. The van der Waals surface area contributed by atoms with Gasteiger partial charge >= 0.3 is 0 Å². The first-order valence-corrected chi connectivity index (χ1v) is 13.7. The lowest BCUT2D eigenvalue weighted by molar-refractivity contribution is -0.131. The Morgan fingerprint density at radius 1 is 0.974 bits per heavy atom. The van der Waals surface area contributed by atoms with Gasteiger partial charge in [-0.2, -0.15) is 0 Å². The molecule has 8 nitrogen and oxygen atoms in total. The molecule has 3 atom stereocenters. The van der Waals surface area contributed by atoms with Crippen molar-refractivity contribution in [2.24, 2.45) is 11.8 Å². The Morgan fingerprint density at radius 2 is 1.74 bits per heavy atom. The lowest BCUT2D eigenvalue weighted by atomic mass is 9.84. The number of carbonyl (C=O) groups is 3. The molecule has 38 heavy (non-hydrogen) atoms. The van der Waals surface area contributed by atoms with Gasteiger partial charge in [-0.1, -0.05) is 93.9 Å². The summed E-state index contributed by atoms with van der Waals surface area (Å²) in [6.07, 6.45) is 8.15. The van der Waals surface area contributed by atoms with Crippen LogP contribution < -0.4 is 16.0 Å². The van der Waals surface area contributed by atoms with E-state index in [0.717, 1.165) is 42.0 Å². The van der Waals surface area contributed by atoms with Gasteiger partial charge in [-0.25, -0.2) is 0 Å². The zero-order valence-electron chi connectivity index (χ0n) is 22.2. The van der Waals surface area contributed by atoms with Crippen LogP contribution in [0.3, 0.4) is 0 Å². The predicted octanol–water partition coefficient (Wildman–Crippen LogP) is 4.74. The van der Waals surface area contributed by atoms with Crippen molar-refractivity contribution < 1.29 is 18.9 Å². The minimum Gasteiger partial charge on any atom is -0.351 e. The second kappa shape index (κ2) is 13.2. The van der Waals surface area contributed by atoms with E-state index in [4.69, 9.17) is 4.52 Å². The van der Waals surface area contributed by atoms with Gasteiger partial charge in [-0.15, -0.1) is 0 Å². The maximum Gasteiger partial charge on any atom is 0.290 e. The summed E-state index contributed by atoms with van der Waals surface area (Å²) in [4.78, 5) is 39.5. The Kier molecular flexibility index (Phi) is 9.51. The number of hydrogen-bond donors (Lipinski definition) is 3. The van der Waals surface area contributed by atoms with Crippen LogP contribution in [0.1, 0.15) is 74.9 Å². The van der Waals surface area contributed by atoms with Crippen molar-refractivity contribution in [1.29, 1.82) is 0 Å². The molecule has 1 fully saturated rings. The summed E-state index contributed by atoms with van der Waals surface area (Å²) in [7, 11) is 0. The molecule has 3 amide bonds. The van der Waals surface area contributed by atoms with E-state index in [-0.39, 0.29) is 23.5 Å². The number of benzene rings is 2. The van der Waals surface area contributed by atoms with Gasteiger partial charge in [-0.05, 0) is 40.7 Å². The third kappa shape index (κ3) is 7.21. The molecule has 3 N–H and O–H groups in total. The minimum absolute atomic E-state index is 0.0537. The number of hydrogen-bond acceptors (Lipinski definition) is 5. The molecular formula is C30H38N4O4. The number of nitrogens with zero attached hydrogens (tertiary/aromatic N) is 1. The Labute approximate surface area is 223 Å². The summed E-state index contributed by atoms with van der Waals surface area (Å²) >= 11 is 0. The van der Waals surface area contributed by atoms with Crippen LogP contribution in [-0.2, 0) is 16.1 Å². The molecule has 4 rings (SSSR count). The Bertz CT molecular complexity index is 1220. The van der Waals surface area contributed by atoms with Crippen molar-refractivity contribution in [2.75, 3.05) is 0 Å². The summed E-state index contributed by atoms with van der Waals surface area (Å²) in [5, 5.41) is 14.6. The predicted molar refractivity (Wildman–Crippen MR) is 146 cm³/mol. The van der Waals surface area contributed by atoms with Crippen LogP contribution >= 0.6 is 0 Å². The quantitative estimate of drug-likeness (QED) is 0.339. The van der Waals surface area contributed by atoms with Gasteiger partial charge < -0.3 is 20.5 Å². The monoisotopic (exact) mass is 518 g/mol. The average Bonchev–Trinajstić information content (AvgIpc) is 3.49. The molecule has 0 spiro atoms. The lowest BCUT2D eigenvalue weighted by Crippen LogP contribution is -2.56. The number of carbonyl (C=O) groups excluding carboxylic acids is 3. The molecule has 1 aliphatic rings. The van der Waals surface area contributed by atoms with E-state index < -0.39 is 18.0 Å². The first-order valence-electron chi connectivity index (χ1n) is 13.7. The number of amides is 3. The standard InChI is InChI=1S/C30H38N4O4/c1-3-20(2)27(30(37)31-19-22-13-14-23-11-7-8-12-24(23)17-22)34-28(35)25(18-21-9-5-4-6-10-21)33-29(36)26-15-16-32-38-26/h7-8,11-17,20-21,25,27H,3-6,9-10,18-19H2,1-2H3,(H,31,37)(H,33,36)(H,34,35)/t20-,25-,27-/m0/s1. The average molecular weight is 519 g/mol. The topological polar surface area (TPSA) is 113 Å². The van der Waals surface area contributed by atoms with Crippen molar-refractivity contribution in [1.82, 2.24) is 21.1 Å². The van der Waals surface area contributed by atoms with Crippen LogP contribution in [0.2, 0.25) is 0 Å². The summed E-state index contributed by atoms with van der Waals surface area (Å²) < 4.78 is 4.98. The number of rotatable bonds is 11. The van der Waals surface area contributed by atoms with E-state index in [2.05, 4.69) is 33.2 Å². The highest BCUT2D eigenvalue weighted by Crippen LogP contribution is 2.27. The fraction of sp³-hybridized carbons (Fsp3) is 0.467. The molecule has 202 valence electrons. The van der Waals surface area contributed by atoms with E-state index in [0.29, 0.717) is 25.3 Å². The zero-order valence-corrected chi connectivity index (χ0v) is 22.2. The van der Waals surface area contributed by atoms with Crippen molar-refractivity contribution in [2.45, 2.75) is 77.4 Å². The van der Waals surface area contributed by atoms with Crippen LogP contribution in [0.15, 0.2) is 59.3 Å².